The number of rotatable bonds is 10. The molecule has 1 aliphatic rings. The lowest BCUT2D eigenvalue weighted by molar-refractivity contribution is -0.161. The van der Waals surface area contributed by atoms with Gasteiger partial charge in [0.15, 0.2) is 0 Å². The number of aliphatic carboxylic acids is 1. The Morgan fingerprint density at radius 2 is 1.86 bits per heavy atom. The lowest BCUT2D eigenvalue weighted by Crippen LogP contribution is -2.40. The Labute approximate surface area is 165 Å². The second-order valence-electron chi connectivity index (χ2n) is 7.06. The zero-order chi connectivity index (χ0) is 20.9. The van der Waals surface area contributed by atoms with E-state index in [1.54, 1.807) is 0 Å². The Bertz CT molecular complexity index is 530. The van der Waals surface area contributed by atoms with Gasteiger partial charge in [-0.3, -0.25) is 14.4 Å². The summed E-state index contributed by atoms with van der Waals surface area (Å²) >= 11 is 0. The molecule has 0 aliphatic carbocycles. The van der Waals surface area contributed by atoms with Crippen LogP contribution in [0.4, 0.5) is 0 Å². The molecular formula is C20H32O8. The minimum Gasteiger partial charge on any atom is -0.481 e. The van der Waals surface area contributed by atoms with Crippen molar-refractivity contribution in [2.45, 2.75) is 95.5 Å². The van der Waals surface area contributed by atoms with Crippen molar-refractivity contribution in [1.29, 1.82) is 0 Å². The molecule has 1 rings (SSSR count). The minimum absolute atomic E-state index is 0.0175. The van der Waals surface area contributed by atoms with E-state index in [9.17, 15) is 24.6 Å². The SMILES string of the molecule is CCCCCCC[C@H]1OC(=O)CC[C@H](OC(=O)CCC(=O)O)/C=C/[C@H](O)[C@@H]1O. The number of carbonyl (C=O) groups is 3. The topological polar surface area (TPSA) is 130 Å². The summed E-state index contributed by atoms with van der Waals surface area (Å²) in [6.07, 6.45) is 3.66. The normalized spacial score (nSPS) is 26.9. The molecule has 1 heterocycles. The fourth-order valence-corrected chi connectivity index (χ4v) is 2.94. The molecule has 28 heavy (non-hydrogen) atoms. The highest BCUT2D eigenvalue weighted by molar-refractivity contribution is 5.76. The Hall–Kier alpha value is -1.93. The van der Waals surface area contributed by atoms with E-state index < -0.39 is 42.3 Å². The van der Waals surface area contributed by atoms with Crippen LogP contribution in [-0.2, 0) is 23.9 Å². The van der Waals surface area contributed by atoms with Gasteiger partial charge in [-0.05, 0) is 25.3 Å². The van der Waals surface area contributed by atoms with Gasteiger partial charge in [-0.1, -0.05) is 38.7 Å². The number of aliphatic hydroxyl groups excluding tert-OH is 2. The van der Waals surface area contributed by atoms with Crippen LogP contribution in [0.25, 0.3) is 0 Å². The maximum Gasteiger partial charge on any atom is 0.306 e. The summed E-state index contributed by atoms with van der Waals surface area (Å²) in [6, 6.07) is 0. The monoisotopic (exact) mass is 400 g/mol. The first-order valence-electron chi connectivity index (χ1n) is 9.98. The van der Waals surface area contributed by atoms with Crippen LogP contribution in [0.15, 0.2) is 12.2 Å². The standard InChI is InChI=1S/C20H32O8/c1-2-3-4-5-6-7-16-20(26)15(21)10-8-14(9-12-19(25)28-16)27-18(24)13-11-17(22)23/h8,10,14-16,20-21,26H,2-7,9,11-13H2,1H3,(H,22,23)/b10-8+/t14-,15+,16-,20+/m1/s1. The number of unbranched alkanes of at least 4 members (excludes halogenated alkanes) is 4. The summed E-state index contributed by atoms with van der Waals surface area (Å²) in [5, 5.41) is 29.1. The van der Waals surface area contributed by atoms with Crippen LogP contribution in [0.2, 0.25) is 0 Å². The molecule has 0 fully saturated rings. The number of hydrogen-bond acceptors (Lipinski definition) is 7. The first-order valence-corrected chi connectivity index (χ1v) is 9.98. The second kappa shape index (κ2) is 13.3. The van der Waals surface area contributed by atoms with Gasteiger partial charge in [0.2, 0.25) is 0 Å². The molecule has 0 aromatic carbocycles. The van der Waals surface area contributed by atoms with E-state index in [4.69, 9.17) is 14.6 Å². The van der Waals surface area contributed by atoms with Gasteiger partial charge >= 0.3 is 17.9 Å². The average Bonchev–Trinajstić information content (AvgIpc) is 2.65. The van der Waals surface area contributed by atoms with Crippen molar-refractivity contribution in [1.82, 2.24) is 0 Å². The summed E-state index contributed by atoms with van der Waals surface area (Å²) in [7, 11) is 0. The van der Waals surface area contributed by atoms with Crippen molar-refractivity contribution in [3.05, 3.63) is 12.2 Å². The van der Waals surface area contributed by atoms with E-state index in [-0.39, 0.29) is 25.7 Å². The Morgan fingerprint density at radius 3 is 2.54 bits per heavy atom. The fourth-order valence-electron chi connectivity index (χ4n) is 2.94. The molecule has 0 amide bonds. The van der Waals surface area contributed by atoms with Crippen LogP contribution in [0.5, 0.6) is 0 Å². The molecule has 4 atom stereocenters. The first-order chi connectivity index (χ1) is 13.3. The molecule has 0 radical (unpaired) electrons. The van der Waals surface area contributed by atoms with Crippen LogP contribution in [0.3, 0.4) is 0 Å². The Balaban J connectivity index is 2.65. The molecule has 1 aliphatic heterocycles. The van der Waals surface area contributed by atoms with E-state index in [0.717, 1.165) is 32.1 Å². The largest absolute Gasteiger partial charge is 0.481 e. The summed E-state index contributed by atoms with van der Waals surface area (Å²) in [6.45, 7) is 2.12. The van der Waals surface area contributed by atoms with Gasteiger partial charge in [0.05, 0.1) is 12.8 Å². The Kier molecular flexibility index (Phi) is 11.4. The highest BCUT2D eigenvalue weighted by Crippen LogP contribution is 2.19. The lowest BCUT2D eigenvalue weighted by Gasteiger charge is -2.27. The van der Waals surface area contributed by atoms with Crippen LogP contribution in [-0.4, -0.2) is 57.6 Å². The minimum atomic E-state index is -1.27. The van der Waals surface area contributed by atoms with Crippen molar-refractivity contribution in [2.24, 2.45) is 0 Å². The van der Waals surface area contributed by atoms with Crippen molar-refractivity contribution < 1.29 is 39.2 Å². The molecule has 8 nitrogen and oxygen atoms in total. The number of carboxylic acid groups (broad SMARTS) is 1. The van der Waals surface area contributed by atoms with Crippen molar-refractivity contribution in [3.8, 4) is 0 Å². The molecule has 8 heteroatoms. The lowest BCUT2D eigenvalue weighted by atomic mass is 9.99. The number of esters is 2. The third-order valence-corrected chi connectivity index (χ3v) is 4.59. The maximum atomic E-state index is 12.1. The Morgan fingerprint density at radius 1 is 1.14 bits per heavy atom. The molecule has 0 saturated heterocycles. The van der Waals surface area contributed by atoms with Gasteiger partial charge in [-0.15, -0.1) is 0 Å². The highest BCUT2D eigenvalue weighted by atomic mass is 16.6. The fraction of sp³-hybridized carbons (Fsp3) is 0.750. The third kappa shape index (κ3) is 9.85. The number of hydrogen-bond donors (Lipinski definition) is 3. The van der Waals surface area contributed by atoms with E-state index >= 15 is 0 Å². The van der Waals surface area contributed by atoms with Crippen molar-refractivity contribution in [3.63, 3.8) is 0 Å². The number of carbonyl (C=O) groups excluding carboxylic acids is 2. The number of aliphatic hydroxyl groups is 2. The van der Waals surface area contributed by atoms with Crippen LogP contribution < -0.4 is 0 Å². The molecule has 0 bridgehead atoms. The average molecular weight is 400 g/mol. The molecular weight excluding hydrogens is 368 g/mol. The van der Waals surface area contributed by atoms with Gasteiger partial charge in [0.25, 0.3) is 0 Å². The van der Waals surface area contributed by atoms with E-state index in [1.165, 1.54) is 12.2 Å². The van der Waals surface area contributed by atoms with E-state index in [2.05, 4.69) is 6.92 Å². The van der Waals surface area contributed by atoms with Crippen molar-refractivity contribution in [2.75, 3.05) is 0 Å². The predicted octanol–water partition coefficient (Wildman–Crippen LogP) is 2.11. The molecule has 0 spiro atoms. The quantitative estimate of drug-likeness (QED) is 0.289. The van der Waals surface area contributed by atoms with Gasteiger partial charge in [-0.2, -0.15) is 0 Å². The van der Waals surface area contributed by atoms with Gasteiger partial charge < -0.3 is 24.8 Å². The number of ether oxygens (including phenoxy) is 2. The molecule has 160 valence electrons. The second-order valence-corrected chi connectivity index (χ2v) is 7.06. The van der Waals surface area contributed by atoms with Gasteiger partial charge in [-0.25, -0.2) is 0 Å². The third-order valence-electron chi connectivity index (χ3n) is 4.59. The zero-order valence-corrected chi connectivity index (χ0v) is 16.4. The van der Waals surface area contributed by atoms with Crippen LogP contribution in [0.1, 0.15) is 71.1 Å². The predicted molar refractivity (Wildman–Crippen MR) is 100 cm³/mol. The summed E-state index contributed by atoms with van der Waals surface area (Å²) in [5.41, 5.74) is 0. The molecule has 0 unspecified atom stereocenters. The molecule has 0 saturated carbocycles. The number of cyclic esters (lactones) is 1. The van der Waals surface area contributed by atoms with Crippen LogP contribution in [0, 0.1) is 0 Å². The summed E-state index contributed by atoms with van der Waals surface area (Å²) in [4.78, 5) is 34.3. The molecule has 0 aromatic rings. The summed E-state index contributed by atoms with van der Waals surface area (Å²) < 4.78 is 10.5. The first kappa shape index (κ1) is 24.1. The van der Waals surface area contributed by atoms with Gasteiger partial charge in [0.1, 0.15) is 24.4 Å². The van der Waals surface area contributed by atoms with Crippen LogP contribution >= 0.6 is 0 Å². The molecule has 0 aromatic heterocycles. The van der Waals surface area contributed by atoms with E-state index in [0.29, 0.717) is 6.42 Å². The van der Waals surface area contributed by atoms with E-state index in [1.807, 2.05) is 0 Å². The highest BCUT2D eigenvalue weighted by Gasteiger charge is 2.29. The number of carboxylic acids is 1. The maximum absolute atomic E-state index is 12.1. The smallest absolute Gasteiger partial charge is 0.306 e. The zero-order valence-electron chi connectivity index (χ0n) is 16.4. The van der Waals surface area contributed by atoms with Gasteiger partial charge in [0, 0.05) is 6.42 Å². The van der Waals surface area contributed by atoms with Crippen molar-refractivity contribution >= 4 is 17.9 Å². The summed E-state index contributed by atoms with van der Waals surface area (Å²) in [5.74, 6) is -2.35. The molecule has 3 N–H and O–H groups in total.